The van der Waals surface area contributed by atoms with Crippen LogP contribution in [0.5, 0.6) is 0 Å². The molecule has 1 unspecified atom stereocenters. The van der Waals surface area contributed by atoms with Crippen LogP contribution in [0.4, 0.5) is 5.13 Å². The molecule has 0 spiro atoms. The molecule has 7 heteroatoms. The summed E-state index contributed by atoms with van der Waals surface area (Å²) >= 11 is 1.43. The van der Waals surface area contributed by atoms with Crippen LogP contribution < -0.4 is 5.32 Å². The summed E-state index contributed by atoms with van der Waals surface area (Å²) in [7, 11) is 0. The Morgan fingerprint density at radius 1 is 1.22 bits per heavy atom. The van der Waals surface area contributed by atoms with E-state index in [1.807, 2.05) is 18.2 Å². The average Bonchev–Trinajstić information content (AvgIpc) is 3.27. The van der Waals surface area contributed by atoms with E-state index in [1.54, 1.807) is 4.90 Å². The zero-order chi connectivity index (χ0) is 19.1. The number of carbonyl (C=O) groups is 2. The molecule has 2 amide bonds. The summed E-state index contributed by atoms with van der Waals surface area (Å²) in [4.78, 5) is 26.5. The summed E-state index contributed by atoms with van der Waals surface area (Å²) in [6.07, 6.45) is 5.40. The van der Waals surface area contributed by atoms with Crippen molar-refractivity contribution in [3.8, 4) is 0 Å². The zero-order valence-electron chi connectivity index (χ0n) is 15.7. The van der Waals surface area contributed by atoms with E-state index in [9.17, 15) is 9.59 Å². The van der Waals surface area contributed by atoms with Crippen LogP contribution in [0.3, 0.4) is 0 Å². The Bertz CT molecular complexity index is 762. The summed E-state index contributed by atoms with van der Waals surface area (Å²) in [5.41, 5.74) is 1.20. The van der Waals surface area contributed by atoms with Gasteiger partial charge in [-0.2, -0.15) is 0 Å². The first-order chi connectivity index (χ1) is 13.2. The Labute approximate surface area is 164 Å². The summed E-state index contributed by atoms with van der Waals surface area (Å²) in [6.45, 7) is 3.28. The lowest BCUT2D eigenvalue weighted by Crippen LogP contribution is -2.30. The molecule has 1 N–H and O–H groups in total. The van der Waals surface area contributed by atoms with Crippen molar-refractivity contribution >= 4 is 28.3 Å². The van der Waals surface area contributed by atoms with Gasteiger partial charge < -0.3 is 10.2 Å². The molecule has 1 atom stereocenters. The maximum Gasteiger partial charge on any atom is 0.231 e. The second-order valence-electron chi connectivity index (χ2n) is 6.92. The molecular weight excluding hydrogens is 360 g/mol. The van der Waals surface area contributed by atoms with Crippen molar-refractivity contribution in [3.05, 3.63) is 40.9 Å². The minimum Gasteiger partial charge on any atom is -0.342 e. The van der Waals surface area contributed by atoms with Gasteiger partial charge in [-0.05, 0) is 18.4 Å². The number of likely N-dealkylation sites (tertiary alicyclic amines) is 1. The van der Waals surface area contributed by atoms with E-state index < -0.39 is 0 Å². The molecule has 1 aliphatic heterocycles. The number of hydrogen-bond acceptors (Lipinski definition) is 5. The number of carbonyl (C=O) groups excluding carboxylic acids is 2. The van der Waals surface area contributed by atoms with Crippen LogP contribution in [-0.4, -0.2) is 40.0 Å². The fourth-order valence-electron chi connectivity index (χ4n) is 3.21. The summed E-state index contributed by atoms with van der Waals surface area (Å²) in [5.74, 6) is -0.411. The average molecular weight is 387 g/mol. The van der Waals surface area contributed by atoms with Gasteiger partial charge in [-0.25, -0.2) is 0 Å². The number of amides is 2. The van der Waals surface area contributed by atoms with Crippen LogP contribution >= 0.6 is 11.3 Å². The standard InChI is InChI=1S/C20H26N4O2S/c1-2-3-5-10-17-22-23-20(27-17)21-19(26)16-13-18(25)24(14-16)12-11-15-8-6-4-7-9-15/h4,6-9,16H,2-3,5,10-14H2,1H3,(H,21,23,26). The van der Waals surface area contributed by atoms with Gasteiger partial charge in [0.05, 0.1) is 5.92 Å². The molecule has 0 aliphatic carbocycles. The van der Waals surface area contributed by atoms with Gasteiger partial charge in [-0.1, -0.05) is 61.4 Å². The van der Waals surface area contributed by atoms with Crippen molar-refractivity contribution in [2.45, 2.75) is 45.4 Å². The third-order valence-electron chi connectivity index (χ3n) is 4.79. The number of hydrogen-bond donors (Lipinski definition) is 1. The number of aryl methyl sites for hydroxylation is 1. The van der Waals surface area contributed by atoms with E-state index in [4.69, 9.17) is 0 Å². The third kappa shape index (κ3) is 5.60. The van der Waals surface area contributed by atoms with Crippen molar-refractivity contribution in [2.24, 2.45) is 5.92 Å². The molecule has 0 bridgehead atoms. The third-order valence-corrected chi connectivity index (χ3v) is 5.69. The van der Waals surface area contributed by atoms with Crippen molar-refractivity contribution in [3.63, 3.8) is 0 Å². The molecule has 1 aromatic heterocycles. The number of nitrogens with one attached hydrogen (secondary N) is 1. The Kier molecular flexibility index (Phi) is 6.92. The summed E-state index contributed by atoms with van der Waals surface area (Å²) in [6, 6.07) is 10.1. The van der Waals surface area contributed by atoms with E-state index in [-0.39, 0.29) is 24.2 Å². The maximum atomic E-state index is 12.5. The molecule has 1 saturated heterocycles. The first-order valence-electron chi connectivity index (χ1n) is 9.60. The molecular formula is C20H26N4O2S. The van der Waals surface area contributed by atoms with Crippen molar-refractivity contribution < 1.29 is 9.59 Å². The largest absolute Gasteiger partial charge is 0.342 e. The summed E-state index contributed by atoms with van der Waals surface area (Å²) < 4.78 is 0. The number of unbranched alkanes of at least 4 members (excludes halogenated alkanes) is 2. The molecule has 0 radical (unpaired) electrons. The van der Waals surface area contributed by atoms with Gasteiger partial charge in [-0.3, -0.25) is 9.59 Å². The molecule has 6 nitrogen and oxygen atoms in total. The van der Waals surface area contributed by atoms with E-state index in [0.717, 1.165) is 24.3 Å². The van der Waals surface area contributed by atoms with Gasteiger partial charge in [0.15, 0.2) is 0 Å². The van der Waals surface area contributed by atoms with Gasteiger partial charge in [-0.15, -0.1) is 10.2 Å². The number of benzene rings is 1. The van der Waals surface area contributed by atoms with Crippen molar-refractivity contribution in [1.29, 1.82) is 0 Å². The van der Waals surface area contributed by atoms with Crippen molar-refractivity contribution in [1.82, 2.24) is 15.1 Å². The van der Waals surface area contributed by atoms with E-state index in [2.05, 4.69) is 34.6 Å². The smallest absolute Gasteiger partial charge is 0.231 e. The SMILES string of the molecule is CCCCCc1nnc(NC(=O)C2CC(=O)N(CCc3ccccc3)C2)s1. The second kappa shape index (κ2) is 9.60. The first-order valence-corrected chi connectivity index (χ1v) is 10.4. The minimum atomic E-state index is -0.319. The molecule has 0 saturated carbocycles. The van der Waals surface area contributed by atoms with Gasteiger partial charge in [0, 0.05) is 25.9 Å². The highest BCUT2D eigenvalue weighted by Gasteiger charge is 2.34. The lowest BCUT2D eigenvalue weighted by molar-refractivity contribution is -0.128. The molecule has 1 fully saturated rings. The van der Waals surface area contributed by atoms with Crippen LogP contribution in [0.1, 0.15) is 43.2 Å². The quantitative estimate of drug-likeness (QED) is 0.671. The molecule has 27 heavy (non-hydrogen) atoms. The minimum absolute atomic E-state index is 0.0450. The van der Waals surface area contributed by atoms with E-state index in [1.165, 1.54) is 29.7 Å². The molecule has 3 rings (SSSR count). The van der Waals surface area contributed by atoms with Crippen LogP contribution in [0, 0.1) is 5.92 Å². The Balaban J connectivity index is 1.47. The second-order valence-corrected chi connectivity index (χ2v) is 7.99. The maximum absolute atomic E-state index is 12.5. The normalized spacial score (nSPS) is 16.7. The predicted molar refractivity (Wildman–Crippen MR) is 107 cm³/mol. The number of rotatable bonds is 9. The Morgan fingerprint density at radius 2 is 2.04 bits per heavy atom. The van der Waals surface area contributed by atoms with Crippen molar-refractivity contribution in [2.75, 3.05) is 18.4 Å². The van der Waals surface area contributed by atoms with Crippen LogP contribution in [-0.2, 0) is 22.4 Å². The topological polar surface area (TPSA) is 75.2 Å². The van der Waals surface area contributed by atoms with Crippen LogP contribution in [0.2, 0.25) is 0 Å². The number of nitrogens with zero attached hydrogens (tertiary/aromatic N) is 3. The van der Waals surface area contributed by atoms with Gasteiger partial charge in [0.25, 0.3) is 0 Å². The van der Waals surface area contributed by atoms with Gasteiger partial charge in [0.2, 0.25) is 16.9 Å². The van der Waals surface area contributed by atoms with Crippen LogP contribution in [0.15, 0.2) is 30.3 Å². The fourth-order valence-corrected chi connectivity index (χ4v) is 4.00. The molecule has 1 aliphatic rings. The zero-order valence-corrected chi connectivity index (χ0v) is 16.5. The first kappa shape index (κ1) is 19.5. The molecule has 2 aromatic rings. The number of anilines is 1. The van der Waals surface area contributed by atoms with E-state index in [0.29, 0.717) is 18.2 Å². The predicted octanol–water partition coefficient (Wildman–Crippen LogP) is 3.30. The molecule has 1 aromatic carbocycles. The Hall–Kier alpha value is -2.28. The lowest BCUT2D eigenvalue weighted by atomic mass is 10.1. The molecule has 144 valence electrons. The highest BCUT2D eigenvalue weighted by atomic mass is 32.1. The van der Waals surface area contributed by atoms with E-state index >= 15 is 0 Å². The van der Waals surface area contributed by atoms with Crippen LogP contribution in [0.25, 0.3) is 0 Å². The summed E-state index contributed by atoms with van der Waals surface area (Å²) in [5, 5.41) is 12.5. The highest BCUT2D eigenvalue weighted by molar-refractivity contribution is 7.15. The number of aromatic nitrogens is 2. The monoisotopic (exact) mass is 386 g/mol. The highest BCUT2D eigenvalue weighted by Crippen LogP contribution is 2.22. The fraction of sp³-hybridized carbons (Fsp3) is 0.500. The van der Waals surface area contributed by atoms with Gasteiger partial charge >= 0.3 is 0 Å². The Morgan fingerprint density at radius 3 is 2.81 bits per heavy atom. The van der Waals surface area contributed by atoms with Gasteiger partial charge in [0.1, 0.15) is 5.01 Å². The molecule has 2 heterocycles. The lowest BCUT2D eigenvalue weighted by Gasteiger charge is -2.16.